The number of nitrogen functional groups attached to an aromatic ring is 1. The zero-order valence-corrected chi connectivity index (χ0v) is 9.31. The second-order valence-electron chi connectivity index (χ2n) is 3.84. The zero-order chi connectivity index (χ0) is 12.0. The normalized spacial score (nSPS) is 10.9. The number of hydrogen-bond acceptors (Lipinski definition) is 4. The summed E-state index contributed by atoms with van der Waals surface area (Å²) in [4.78, 5) is 0.387. The van der Waals surface area contributed by atoms with Crippen molar-refractivity contribution in [3.05, 3.63) is 33.2 Å². The first-order chi connectivity index (χ1) is 7.43. The van der Waals surface area contributed by atoms with E-state index in [2.05, 4.69) is 5.10 Å². The number of nitrogens with two attached hydrogens (primary N) is 1. The Bertz CT molecular complexity index is 595. The summed E-state index contributed by atoms with van der Waals surface area (Å²) < 4.78 is 0.492. The summed E-state index contributed by atoms with van der Waals surface area (Å²) in [5, 5.41) is 26.7. The van der Waals surface area contributed by atoms with Crippen LogP contribution in [0.4, 0.5) is 5.95 Å². The smallest absolute Gasteiger partial charge is 0.458 e. The number of fused-ring (bicyclic) bond motifs is 1. The van der Waals surface area contributed by atoms with Crippen LogP contribution in [0.5, 0.6) is 0 Å². The molecule has 2 rings (SSSR count). The van der Waals surface area contributed by atoms with E-state index in [-0.39, 0.29) is 17.0 Å². The summed E-state index contributed by atoms with van der Waals surface area (Å²) in [6.07, 6.45) is 0. The third-order valence-electron chi connectivity index (χ3n) is 2.92. The highest BCUT2D eigenvalue weighted by Gasteiger charge is 2.20. The number of rotatable bonds is 0. The van der Waals surface area contributed by atoms with Gasteiger partial charge in [0.15, 0.2) is 5.52 Å². The van der Waals surface area contributed by atoms with Crippen LogP contribution in [0.3, 0.4) is 0 Å². The average Bonchev–Trinajstić information content (AvgIpc) is 2.22. The average molecular weight is 220 g/mol. The number of aromatic nitrogens is 3. The molecule has 6 nitrogen and oxygen atoms in total. The first-order valence-corrected chi connectivity index (χ1v) is 4.83. The summed E-state index contributed by atoms with van der Waals surface area (Å²) in [7, 11) is 0. The maximum Gasteiger partial charge on any atom is 0.458 e. The molecule has 0 radical (unpaired) electrons. The van der Waals surface area contributed by atoms with Gasteiger partial charge in [0, 0.05) is 10.9 Å². The largest absolute Gasteiger partial charge is 0.739 e. The molecule has 0 saturated carbocycles. The van der Waals surface area contributed by atoms with E-state index < -0.39 is 0 Å². The highest BCUT2D eigenvalue weighted by molar-refractivity contribution is 5.75. The second-order valence-corrected chi connectivity index (χ2v) is 3.84. The van der Waals surface area contributed by atoms with Gasteiger partial charge in [-0.3, -0.25) is 5.73 Å². The number of nitrogens with zero attached hydrogens (tertiary/aromatic N) is 3. The minimum atomic E-state index is -0.339. The molecule has 0 aliphatic rings. The molecule has 1 aromatic carbocycles. The molecule has 1 aromatic heterocycles. The molecule has 0 aliphatic heterocycles. The van der Waals surface area contributed by atoms with Crippen molar-refractivity contribution in [2.24, 2.45) is 0 Å². The first kappa shape index (κ1) is 10.4. The van der Waals surface area contributed by atoms with E-state index in [0.717, 1.165) is 16.7 Å². The zero-order valence-electron chi connectivity index (χ0n) is 9.31. The Morgan fingerprint density at radius 3 is 2.44 bits per heavy atom. The van der Waals surface area contributed by atoms with Gasteiger partial charge in [-0.1, -0.05) is 0 Å². The van der Waals surface area contributed by atoms with E-state index in [1.54, 1.807) is 13.0 Å². The number of hydrogen-bond donors (Lipinski definition) is 1. The van der Waals surface area contributed by atoms with Gasteiger partial charge in [0.1, 0.15) is 0 Å². The lowest BCUT2D eigenvalue weighted by Crippen LogP contribution is -2.44. The van der Waals surface area contributed by atoms with Crippen LogP contribution in [0, 0.1) is 31.2 Å². The molecule has 0 saturated heterocycles. The quantitative estimate of drug-likeness (QED) is 0.500. The van der Waals surface area contributed by atoms with Crippen LogP contribution >= 0.6 is 0 Å². The predicted octanol–water partition coefficient (Wildman–Crippen LogP) is 0.00906. The van der Waals surface area contributed by atoms with Gasteiger partial charge in [0.05, 0.1) is 0 Å². The standard InChI is InChI=1S/C10H12N4O2/c1-5-4-8-9(7(3)6(5)2)13(15)10(11)12-14(8)16/h4H,1-3H3,(H2,11,12). The molecule has 1 heterocycles. The van der Waals surface area contributed by atoms with Crippen molar-refractivity contribution in [2.75, 3.05) is 5.73 Å². The molecule has 6 heteroatoms. The predicted molar refractivity (Wildman–Crippen MR) is 58.3 cm³/mol. The van der Waals surface area contributed by atoms with E-state index >= 15 is 0 Å². The van der Waals surface area contributed by atoms with Crippen molar-refractivity contribution in [3.63, 3.8) is 0 Å². The maximum absolute atomic E-state index is 11.7. The first-order valence-electron chi connectivity index (χ1n) is 4.83. The van der Waals surface area contributed by atoms with Crippen LogP contribution in [-0.2, 0) is 0 Å². The highest BCUT2D eigenvalue weighted by atomic mass is 16.5. The van der Waals surface area contributed by atoms with E-state index in [1.807, 2.05) is 13.8 Å². The van der Waals surface area contributed by atoms with Crippen LogP contribution in [0.2, 0.25) is 0 Å². The van der Waals surface area contributed by atoms with E-state index in [4.69, 9.17) is 5.73 Å². The molecule has 0 atom stereocenters. The monoisotopic (exact) mass is 220 g/mol. The SMILES string of the molecule is Cc1cc2c(c(C)c1C)[n+]([O-])c(N)n[n+]2[O-]. The molecule has 0 spiro atoms. The summed E-state index contributed by atoms with van der Waals surface area (Å²) in [6, 6.07) is 1.64. The van der Waals surface area contributed by atoms with E-state index in [1.165, 1.54) is 0 Å². The fourth-order valence-electron chi connectivity index (χ4n) is 1.75. The number of aryl methyl sites for hydroxylation is 2. The Balaban J connectivity index is 3.07. The van der Waals surface area contributed by atoms with Crippen LogP contribution in [0.25, 0.3) is 11.0 Å². The topological polar surface area (TPSA) is 92.8 Å². The minimum Gasteiger partial charge on any atom is -0.739 e. The van der Waals surface area contributed by atoms with Gasteiger partial charge >= 0.3 is 5.95 Å². The fraction of sp³-hybridized carbons (Fsp3) is 0.300. The lowest BCUT2D eigenvalue weighted by atomic mass is 10.0. The molecule has 0 unspecified atom stereocenters. The molecule has 2 N–H and O–H groups in total. The lowest BCUT2D eigenvalue weighted by molar-refractivity contribution is -0.672. The number of benzene rings is 1. The summed E-state index contributed by atoms with van der Waals surface area (Å²) in [6.45, 7) is 5.57. The third-order valence-corrected chi connectivity index (χ3v) is 2.92. The summed E-state index contributed by atoms with van der Waals surface area (Å²) in [5.74, 6) is -0.339. The van der Waals surface area contributed by atoms with Gasteiger partial charge < -0.3 is 10.4 Å². The maximum atomic E-state index is 11.7. The van der Waals surface area contributed by atoms with Crippen molar-refractivity contribution in [1.82, 2.24) is 5.10 Å². The third kappa shape index (κ3) is 1.23. The lowest BCUT2D eigenvalue weighted by Gasteiger charge is -2.12. The Hall–Kier alpha value is -2.11. The fourth-order valence-corrected chi connectivity index (χ4v) is 1.75. The van der Waals surface area contributed by atoms with E-state index in [0.29, 0.717) is 9.58 Å². The van der Waals surface area contributed by atoms with Gasteiger partial charge in [-0.15, -0.1) is 0 Å². The van der Waals surface area contributed by atoms with Gasteiger partial charge in [-0.05, 0) is 37.5 Å². The highest BCUT2D eigenvalue weighted by Crippen LogP contribution is 2.19. The molecule has 0 fully saturated rings. The van der Waals surface area contributed by atoms with Crippen LogP contribution in [-0.4, -0.2) is 5.10 Å². The van der Waals surface area contributed by atoms with Crippen LogP contribution in [0.15, 0.2) is 6.07 Å². The van der Waals surface area contributed by atoms with E-state index in [9.17, 15) is 10.4 Å². The molecule has 0 amide bonds. The van der Waals surface area contributed by atoms with Crippen LogP contribution in [0.1, 0.15) is 16.7 Å². The molecule has 84 valence electrons. The van der Waals surface area contributed by atoms with Crippen molar-refractivity contribution in [2.45, 2.75) is 20.8 Å². The van der Waals surface area contributed by atoms with Crippen LogP contribution < -0.4 is 15.3 Å². The Labute approximate surface area is 92.1 Å². The minimum absolute atomic E-state index is 0.241. The molecule has 0 aliphatic carbocycles. The van der Waals surface area contributed by atoms with Crippen molar-refractivity contribution >= 4 is 17.0 Å². The van der Waals surface area contributed by atoms with Gasteiger partial charge in [-0.2, -0.15) is 0 Å². The van der Waals surface area contributed by atoms with Crippen molar-refractivity contribution in [1.29, 1.82) is 0 Å². The van der Waals surface area contributed by atoms with Gasteiger partial charge in [-0.25, -0.2) is 4.73 Å². The Kier molecular flexibility index (Phi) is 2.08. The van der Waals surface area contributed by atoms with Crippen molar-refractivity contribution < 1.29 is 9.58 Å². The van der Waals surface area contributed by atoms with Gasteiger partial charge in [0.25, 0.3) is 5.52 Å². The van der Waals surface area contributed by atoms with Crippen molar-refractivity contribution in [3.8, 4) is 0 Å². The molecule has 2 aromatic rings. The molecular weight excluding hydrogens is 208 g/mol. The molecular formula is C10H12N4O2. The molecule has 0 bridgehead atoms. The Morgan fingerprint density at radius 2 is 1.81 bits per heavy atom. The van der Waals surface area contributed by atoms with Gasteiger partial charge in [0.2, 0.25) is 5.10 Å². The summed E-state index contributed by atoms with van der Waals surface area (Å²) in [5.41, 5.74) is 8.56. The Morgan fingerprint density at radius 1 is 1.19 bits per heavy atom. The second kappa shape index (κ2) is 3.19. The summed E-state index contributed by atoms with van der Waals surface area (Å²) >= 11 is 0. The number of anilines is 1. The molecule has 16 heavy (non-hydrogen) atoms.